The summed E-state index contributed by atoms with van der Waals surface area (Å²) >= 11 is 0. The smallest absolute Gasteiger partial charge is 0.343 e. The first-order valence-electron chi connectivity index (χ1n) is 8.45. The van der Waals surface area contributed by atoms with Crippen molar-refractivity contribution in [1.82, 2.24) is 4.90 Å². The van der Waals surface area contributed by atoms with Crippen LogP contribution in [0.4, 0.5) is 0 Å². The van der Waals surface area contributed by atoms with Crippen LogP contribution in [0.2, 0.25) is 0 Å². The predicted molar refractivity (Wildman–Crippen MR) is 96.1 cm³/mol. The van der Waals surface area contributed by atoms with Gasteiger partial charge in [0, 0.05) is 14.1 Å². The molecule has 2 aliphatic rings. The van der Waals surface area contributed by atoms with Crippen molar-refractivity contribution in [2.45, 2.75) is 39.2 Å². The van der Waals surface area contributed by atoms with Gasteiger partial charge in [0.05, 0.1) is 17.9 Å². The van der Waals surface area contributed by atoms with Crippen molar-refractivity contribution in [1.29, 1.82) is 0 Å². The number of aryl methyl sites for hydroxylation is 1. The van der Waals surface area contributed by atoms with Gasteiger partial charge in [-0.15, -0.1) is 0 Å². The van der Waals surface area contributed by atoms with E-state index in [-0.39, 0.29) is 5.97 Å². The predicted octanol–water partition coefficient (Wildman–Crippen LogP) is 3.87. The van der Waals surface area contributed by atoms with Gasteiger partial charge in [-0.05, 0) is 61.4 Å². The van der Waals surface area contributed by atoms with Gasteiger partial charge in [-0.3, -0.25) is 4.99 Å². The summed E-state index contributed by atoms with van der Waals surface area (Å²) in [5, 5.41) is 0. The molecule has 1 aliphatic carbocycles. The fourth-order valence-corrected chi connectivity index (χ4v) is 2.98. The molecule has 0 fully saturated rings. The number of hydrogen-bond acceptors (Lipinski definition) is 3. The Morgan fingerprint density at radius 2 is 2.08 bits per heavy atom. The normalized spacial score (nSPS) is 17.6. The molecular weight excluding hydrogens is 300 g/mol. The number of hydrogen-bond donors (Lipinski definition) is 0. The number of amidine groups is 1. The minimum absolute atomic E-state index is 0.247. The van der Waals surface area contributed by atoms with Crippen molar-refractivity contribution in [2.75, 3.05) is 14.1 Å². The van der Waals surface area contributed by atoms with E-state index in [0.717, 1.165) is 48.4 Å². The van der Waals surface area contributed by atoms with Crippen LogP contribution in [-0.2, 0) is 17.7 Å². The maximum atomic E-state index is 12.5. The molecule has 0 N–H and O–H groups in total. The van der Waals surface area contributed by atoms with Crippen LogP contribution in [0.3, 0.4) is 0 Å². The Balaban J connectivity index is 1.84. The van der Waals surface area contributed by atoms with E-state index in [0.29, 0.717) is 12.1 Å². The Morgan fingerprint density at radius 1 is 1.25 bits per heavy atom. The van der Waals surface area contributed by atoms with Crippen LogP contribution in [0.15, 0.2) is 46.7 Å². The van der Waals surface area contributed by atoms with Crippen molar-refractivity contribution >= 4 is 11.8 Å². The number of allylic oxidation sites excluding steroid dienone is 3. The average Bonchev–Trinajstić information content (AvgIpc) is 2.57. The summed E-state index contributed by atoms with van der Waals surface area (Å²) < 4.78 is 5.61. The molecule has 0 radical (unpaired) electrons. The third-order valence-corrected chi connectivity index (χ3v) is 4.66. The number of rotatable bonds is 2. The second-order valence-electron chi connectivity index (χ2n) is 6.55. The Morgan fingerprint density at radius 3 is 2.88 bits per heavy atom. The number of benzene rings is 1. The Labute approximate surface area is 143 Å². The van der Waals surface area contributed by atoms with Crippen LogP contribution in [0, 0.1) is 0 Å². The topological polar surface area (TPSA) is 41.9 Å². The number of nitrogens with zero attached hydrogens (tertiary/aromatic N) is 2. The van der Waals surface area contributed by atoms with Gasteiger partial charge in [-0.1, -0.05) is 18.2 Å². The fourth-order valence-electron chi connectivity index (χ4n) is 2.98. The Kier molecular flexibility index (Phi) is 4.84. The lowest BCUT2D eigenvalue weighted by atomic mass is 9.92. The van der Waals surface area contributed by atoms with Gasteiger partial charge in [0.25, 0.3) is 0 Å². The lowest BCUT2D eigenvalue weighted by Crippen LogP contribution is -2.18. The summed E-state index contributed by atoms with van der Waals surface area (Å²) in [6.45, 7) is 2.62. The van der Waals surface area contributed by atoms with E-state index in [1.807, 2.05) is 44.1 Å². The summed E-state index contributed by atoms with van der Waals surface area (Å²) in [5.41, 5.74) is 4.12. The molecule has 0 aromatic heterocycles. The van der Waals surface area contributed by atoms with Crippen LogP contribution >= 0.6 is 0 Å². The monoisotopic (exact) mass is 324 g/mol. The first kappa shape index (κ1) is 16.5. The molecule has 4 heteroatoms. The molecular formula is C20H24N2O2. The van der Waals surface area contributed by atoms with Crippen LogP contribution in [0.5, 0.6) is 0 Å². The van der Waals surface area contributed by atoms with E-state index in [1.165, 1.54) is 5.57 Å². The molecule has 0 atom stereocenters. The molecule has 0 saturated carbocycles. The van der Waals surface area contributed by atoms with Gasteiger partial charge >= 0.3 is 5.97 Å². The lowest BCUT2D eigenvalue weighted by Gasteiger charge is -2.20. The zero-order valence-electron chi connectivity index (χ0n) is 14.6. The van der Waals surface area contributed by atoms with Crippen molar-refractivity contribution < 1.29 is 9.53 Å². The number of carbonyl (C=O) groups is 1. The highest BCUT2D eigenvalue weighted by Crippen LogP contribution is 2.29. The number of fused-ring (bicyclic) bond motifs is 1. The maximum absolute atomic E-state index is 12.5. The van der Waals surface area contributed by atoms with Crippen LogP contribution < -0.4 is 0 Å². The quantitative estimate of drug-likeness (QED) is 0.471. The average molecular weight is 324 g/mol. The van der Waals surface area contributed by atoms with Crippen LogP contribution in [0.25, 0.3) is 0 Å². The van der Waals surface area contributed by atoms with Gasteiger partial charge in [-0.25, -0.2) is 4.79 Å². The standard InChI is InChI=1S/C20H24N2O2/c1-14(22(2)3)21-13-15-8-11-18-17(12-15)10-9-16-6-4-5-7-19(16)24-20(18)23/h5,7-8,11-12H,4,6,9-10,13H2,1-3H3. The SMILES string of the molecule is CC(=NCc1ccc2c(c1)CCC1=C(C=CCC1)OC2=O)N(C)C. The molecule has 1 aromatic carbocycles. The zero-order valence-corrected chi connectivity index (χ0v) is 14.6. The van der Waals surface area contributed by atoms with Gasteiger partial charge in [0.2, 0.25) is 0 Å². The molecule has 4 nitrogen and oxygen atoms in total. The molecule has 1 aromatic rings. The number of esters is 1. The summed E-state index contributed by atoms with van der Waals surface area (Å²) in [5.74, 6) is 1.50. The third-order valence-electron chi connectivity index (χ3n) is 4.66. The number of carbonyl (C=O) groups excluding carboxylic acids is 1. The molecule has 24 heavy (non-hydrogen) atoms. The Hall–Kier alpha value is -2.36. The molecule has 3 rings (SSSR count). The van der Waals surface area contributed by atoms with Crippen LogP contribution in [-0.4, -0.2) is 30.8 Å². The van der Waals surface area contributed by atoms with Gasteiger partial charge in [-0.2, -0.15) is 0 Å². The molecule has 0 saturated heterocycles. The maximum Gasteiger partial charge on any atom is 0.343 e. The molecule has 126 valence electrons. The van der Waals surface area contributed by atoms with Crippen molar-refractivity contribution in [3.63, 3.8) is 0 Å². The van der Waals surface area contributed by atoms with E-state index in [4.69, 9.17) is 4.74 Å². The summed E-state index contributed by atoms with van der Waals surface area (Å²) in [7, 11) is 3.97. The van der Waals surface area contributed by atoms with Gasteiger partial charge in [0.15, 0.2) is 0 Å². The van der Waals surface area contributed by atoms with E-state index >= 15 is 0 Å². The minimum atomic E-state index is -0.247. The molecule has 0 bridgehead atoms. The second-order valence-corrected chi connectivity index (χ2v) is 6.55. The number of ether oxygens (including phenoxy) is 1. The van der Waals surface area contributed by atoms with Gasteiger partial charge < -0.3 is 9.64 Å². The first-order valence-corrected chi connectivity index (χ1v) is 8.45. The van der Waals surface area contributed by atoms with E-state index in [9.17, 15) is 4.79 Å². The molecule has 0 spiro atoms. The highest BCUT2D eigenvalue weighted by atomic mass is 16.5. The fraction of sp³-hybridized carbons (Fsp3) is 0.400. The molecule has 1 aliphatic heterocycles. The summed E-state index contributed by atoms with van der Waals surface area (Å²) in [6, 6.07) is 5.96. The highest BCUT2D eigenvalue weighted by Gasteiger charge is 2.21. The van der Waals surface area contributed by atoms with E-state index < -0.39 is 0 Å². The number of aliphatic imine (C=N–C) groups is 1. The molecule has 1 heterocycles. The highest BCUT2D eigenvalue weighted by molar-refractivity contribution is 5.92. The third kappa shape index (κ3) is 3.58. The van der Waals surface area contributed by atoms with Crippen LogP contribution in [0.1, 0.15) is 47.7 Å². The van der Waals surface area contributed by atoms with E-state index in [1.54, 1.807) is 0 Å². The minimum Gasteiger partial charge on any atom is -0.423 e. The van der Waals surface area contributed by atoms with Gasteiger partial charge in [0.1, 0.15) is 5.76 Å². The van der Waals surface area contributed by atoms with Crippen molar-refractivity contribution in [2.24, 2.45) is 4.99 Å². The zero-order chi connectivity index (χ0) is 17.1. The lowest BCUT2D eigenvalue weighted by molar-refractivity contribution is 0.0627. The first-order chi connectivity index (χ1) is 11.5. The molecule has 0 amide bonds. The molecule has 0 unspecified atom stereocenters. The van der Waals surface area contributed by atoms with E-state index in [2.05, 4.69) is 17.1 Å². The van der Waals surface area contributed by atoms with Crippen molar-refractivity contribution in [3.05, 3.63) is 58.4 Å². The summed E-state index contributed by atoms with van der Waals surface area (Å²) in [6.07, 6.45) is 7.85. The van der Waals surface area contributed by atoms with Crippen molar-refractivity contribution in [3.8, 4) is 0 Å². The second kappa shape index (κ2) is 7.04. The largest absolute Gasteiger partial charge is 0.423 e. The summed E-state index contributed by atoms with van der Waals surface area (Å²) in [4.78, 5) is 19.0. The Bertz CT molecular complexity index is 742.